The van der Waals surface area contributed by atoms with Crippen molar-refractivity contribution in [1.82, 2.24) is 0 Å². The lowest BCUT2D eigenvalue weighted by atomic mass is 10.3. The molecule has 0 N–H and O–H groups in total. The summed E-state index contributed by atoms with van der Waals surface area (Å²) in [7, 11) is -0.489. The van der Waals surface area contributed by atoms with Gasteiger partial charge in [0.05, 0.1) is 13.1 Å². The fourth-order valence-electron chi connectivity index (χ4n) is 1.42. The van der Waals surface area contributed by atoms with E-state index in [-0.39, 0.29) is 0 Å². The number of para-hydroxylation sites is 2. The van der Waals surface area contributed by atoms with Gasteiger partial charge in [0.25, 0.3) is 0 Å². The third-order valence-electron chi connectivity index (χ3n) is 2.31. The average Bonchev–Trinajstić information content (AvgIpc) is 2.24. The summed E-state index contributed by atoms with van der Waals surface area (Å²) in [5, 5.41) is 11.1. The van der Waals surface area contributed by atoms with Crippen LogP contribution in [0.4, 0.5) is 0 Å². The monoisotopic (exact) mass is 253 g/mol. The van der Waals surface area contributed by atoms with Crippen molar-refractivity contribution in [3.8, 4) is 11.5 Å². The molecule has 0 spiro atoms. The van der Waals surface area contributed by atoms with E-state index in [1.54, 1.807) is 24.3 Å². The molecule has 0 aromatic heterocycles. The molecule has 17 heavy (non-hydrogen) atoms. The van der Waals surface area contributed by atoms with Gasteiger partial charge < -0.3 is 19.4 Å². The van der Waals surface area contributed by atoms with Crippen LogP contribution >= 0.6 is 0 Å². The maximum atomic E-state index is 11.1. The van der Waals surface area contributed by atoms with E-state index in [4.69, 9.17) is 9.47 Å². The number of hydrogen-bond donors (Lipinski definition) is 0. The Bertz CT molecular complexity index is 398. The van der Waals surface area contributed by atoms with Crippen molar-refractivity contribution in [2.75, 3.05) is 7.11 Å². The Labute approximate surface area is 102 Å². The zero-order valence-electron chi connectivity index (χ0n) is 10.5. The minimum atomic E-state index is -2.01. The van der Waals surface area contributed by atoms with Crippen LogP contribution in [0.3, 0.4) is 0 Å². The van der Waals surface area contributed by atoms with E-state index < -0.39 is 19.8 Å². The van der Waals surface area contributed by atoms with Crippen molar-refractivity contribution in [2.24, 2.45) is 0 Å². The van der Waals surface area contributed by atoms with Crippen molar-refractivity contribution < 1.29 is 19.4 Å². The summed E-state index contributed by atoms with van der Waals surface area (Å²) in [6.07, 6.45) is 0. The highest BCUT2D eigenvalue weighted by Gasteiger charge is 2.30. The number of aliphatic carboxylic acids is 1. The van der Waals surface area contributed by atoms with Crippen LogP contribution in [-0.4, -0.2) is 26.9 Å². The molecule has 0 heterocycles. The Morgan fingerprint density at radius 1 is 1.24 bits per heavy atom. The largest absolute Gasteiger partial charge is 0.546 e. The molecule has 0 aliphatic carbocycles. The summed E-state index contributed by atoms with van der Waals surface area (Å²) >= 11 is 0. The smallest absolute Gasteiger partial charge is 0.161 e. The van der Waals surface area contributed by atoms with Gasteiger partial charge in [-0.1, -0.05) is 31.8 Å². The van der Waals surface area contributed by atoms with E-state index >= 15 is 0 Å². The Morgan fingerprint density at radius 2 is 1.76 bits per heavy atom. The number of methoxy groups -OCH3 is 1. The molecule has 1 rings (SSSR count). The summed E-state index contributed by atoms with van der Waals surface area (Å²) in [4.78, 5) is 11.1. The normalized spacial score (nSPS) is 12.9. The topological polar surface area (TPSA) is 58.6 Å². The molecular formula is C12H17O4Si-. The number of carbonyl (C=O) groups excluding carboxylic acids is 1. The molecule has 0 saturated heterocycles. The number of carbonyl (C=O) groups is 1. The second-order valence-electron chi connectivity index (χ2n) is 4.83. The van der Waals surface area contributed by atoms with E-state index in [2.05, 4.69) is 0 Å². The van der Waals surface area contributed by atoms with Crippen LogP contribution in [0.5, 0.6) is 11.5 Å². The summed E-state index contributed by atoms with van der Waals surface area (Å²) in [6, 6.07) is 6.99. The van der Waals surface area contributed by atoms with Crippen molar-refractivity contribution in [1.29, 1.82) is 0 Å². The molecule has 1 atom stereocenters. The second-order valence-corrected chi connectivity index (χ2v) is 10.1. The lowest BCUT2D eigenvalue weighted by Crippen LogP contribution is -2.54. The summed E-state index contributed by atoms with van der Waals surface area (Å²) in [6.45, 7) is 5.76. The van der Waals surface area contributed by atoms with Gasteiger partial charge in [-0.3, -0.25) is 0 Å². The standard InChI is InChI=1S/C12H18O4Si/c1-15-9-7-5-6-8-10(9)16-12(11(13)14)17(2,3)4/h5-8,12H,1-4H3,(H,13,14)/p-1. The average molecular weight is 253 g/mol. The Hall–Kier alpha value is -1.49. The molecule has 4 nitrogen and oxygen atoms in total. The van der Waals surface area contributed by atoms with E-state index in [9.17, 15) is 9.90 Å². The number of carboxylic acids is 1. The van der Waals surface area contributed by atoms with Crippen LogP contribution in [-0.2, 0) is 4.79 Å². The molecule has 0 bridgehead atoms. The number of benzene rings is 1. The van der Waals surface area contributed by atoms with Gasteiger partial charge >= 0.3 is 0 Å². The molecule has 0 radical (unpaired) electrons. The minimum absolute atomic E-state index is 0.437. The lowest BCUT2D eigenvalue weighted by molar-refractivity contribution is -0.310. The molecule has 0 aliphatic heterocycles. The highest BCUT2D eigenvalue weighted by molar-refractivity contribution is 6.80. The number of ether oxygens (including phenoxy) is 2. The second kappa shape index (κ2) is 5.22. The molecule has 0 aliphatic rings. The fraction of sp³-hybridized carbons (Fsp3) is 0.417. The Kier molecular flexibility index (Phi) is 4.17. The minimum Gasteiger partial charge on any atom is -0.546 e. The van der Waals surface area contributed by atoms with Crippen LogP contribution in [0.25, 0.3) is 0 Å². The predicted molar refractivity (Wildman–Crippen MR) is 65.8 cm³/mol. The first-order chi connectivity index (χ1) is 7.86. The molecule has 1 aromatic carbocycles. The number of hydrogen-bond acceptors (Lipinski definition) is 4. The highest BCUT2D eigenvalue weighted by Crippen LogP contribution is 2.28. The van der Waals surface area contributed by atoms with E-state index in [1.165, 1.54) is 7.11 Å². The molecule has 1 aromatic rings. The summed E-state index contributed by atoms with van der Waals surface area (Å²) in [5.74, 6) is -0.210. The molecule has 0 amide bonds. The van der Waals surface area contributed by atoms with Gasteiger partial charge in [0.1, 0.15) is 13.8 Å². The molecule has 0 fully saturated rings. The Morgan fingerprint density at radius 3 is 2.18 bits per heavy atom. The molecule has 94 valence electrons. The van der Waals surface area contributed by atoms with Gasteiger partial charge in [-0.05, 0) is 12.1 Å². The quantitative estimate of drug-likeness (QED) is 0.737. The predicted octanol–water partition coefficient (Wildman–Crippen LogP) is 1.07. The van der Waals surface area contributed by atoms with Crippen LogP contribution < -0.4 is 14.6 Å². The van der Waals surface area contributed by atoms with Crippen molar-refractivity contribution in [2.45, 2.75) is 25.4 Å². The fourth-order valence-corrected chi connectivity index (χ4v) is 2.61. The first kappa shape index (κ1) is 13.6. The van der Waals surface area contributed by atoms with Crippen molar-refractivity contribution >= 4 is 14.0 Å². The molecule has 1 unspecified atom stereocenters. The molecule has 5 heteroatoms. The first-order valence-corrected chi connectivity index (χ1v) is 8.94. The van der Waals surface area contributed by atoms with E-state index in [1.807, 2.05) is 19.6 Å². The highest BCUT2D eigenvalue weighted by atomic mass is 28.3. The van der Waals surface area contributed by atoms with Crippen LogP contribution in [0, 0.1) is 0 Å². The van der Waals surface area contributed by atoms with E-state index in [0.717, 1.165) is 0 Å². The summed E-state index contributed by atoms with van der Waals surface area (Å²) in [5.41, 5.74) is -0.890. The van der Waals surface area contributed by atoms with Gasteiger partial charge in [-0.25, -0.2) is 0 Å². The molecule has 0 saturated carbocycles. The zero-order chi connectivity index (χ0) is 13.1. The Balaban J connectivity index is 2.98. The third kappa shape index (κ3) is 3.49. The SMILES string of the molecule is COc1ccccc1OC(C(=O)[O-])[Si](C)(C)C. The van der Waals surface area contributed by atoms with Crippen LogP contribution in [0.15, 0.2) is 24.3 Å². The molecular weight excluding hydrogens is 236 g/mol. The van der Waals surface area contributed by atoms with Gasteiger partial charge in [0, 0.05) is 0 Å². The van der Waals surface area contributed by atoms with E-state index in [0.29, 0.717) is 11.5 Å². The van der Waals surface area contributed by atoms with Gasteiger partial charge in [-0.15, -0.1) is 0 Å². The van der Waals surface area contributed by atoms with Crippen molar-refractivity contribution in [3.05, 3.63) is 24.3 Å². The van der Waals surface area contributed by atoms with Gasteiger partial charge in [0.2, 0.25) is 0 Å². The number of rotatable bonds is 5. The zero-order valence-corrected chi connectivity index (χ0v) is 11.5. The van der Waals surface area contributed by atoms with Gasteiger partial charge in [0.15, 0.2) is 11.5 Å². The maximum Gasteiger partial charge on any atom is 0.161 e. The first-order valence-electron chi connectivity index (χ1n) is 5.37. The van der Waals surface area contributed by atoms with Gasteiger partial charge in [-0.2, -0.15) is 0 Å². The van der Waals surface area contributed by atoms with Crippen molar-refractivity contribution in [3.63, 3.8) is 0 Å². The summed E-state index contributed by atoms with van der Waals surface area (Å²) < 4.78 is 10.7. The van der Waals surface area contributed by atoms with Crippen LogP contribution in [0.2, 0.25) is 19.6 Å². The number of carboxylic acid groups (broad SMARTS) is 1. The third-order valence-corrected chi connectivity index (χ3v) is 4.24. The van der Waals surface area contributed by atoms with Crippen LogP contribution in [0.1, 0.15) is 0 Å². The lowest BCUT2D eigenvalue weighted by Gasteiger charge is -2.30. The maximum absolute atomic E-state index is 11.1.